The first-order valence-electron chi connectivity index (χ1n) is 41.4. The van der Waals surface area contributed by atoms with Crippen LogP contribution in [0.25, 0.3) is 27.4 Å². The van der Waals surface area contributed by atoms with Gasteiger partial charge >= 0.3 is 0 Å². The van der Waals surface area contributed by atoms with Crippen LogP contribution in [0.4, 0.5) is 34.1 Å². The Labute approximate surface area is 780 Å². The van der Waals surface area contributed by atoms with Crippen LogP contribution in [0, 0.1) is 0 Å². The van der Waals surface area contributed by atoms with Gasteiger partial charge in [0.15, 0.2) is 17.1 Å². The van der Waals surface area contributed by atoms with E-state index in [9.17, 15) is 28.8 Å². The number of anilines is 6. The van der Waals surface area contributed by atoms with Crippen LogP contribution < -0.4 is 59.1 Å². The zero-order chi connectivity index (χ0) is 92.0. The monoisotopic (exact) mass is 1880 g/mol. The van der Waals surface area contributed by atoms with Gasteiger partial charge in [-0.3, -0.25) is 28.8 Å². The molecule has 35 heteroatoms. The first kappa shape index (κ1) is 94.9. The lowest BCUT2D eigenvalue weighted by Gasteiger charge is -2.35. The molecule has 8 heterocycles. The van der Waals surface area contributed by atoms with Crippen molar-refractivity contribution in [2.24, 2.45) is 0 Å². The van der Waals surface area contributed by atoms with Crippen molar-refractivity contribution in [2.75, 3.05) is 171 Å². The average Bonchev–Trinajstić information content (AvgIpc) is 1.66. The summed E-state index contributed by atoms with van der Waals surface area (Å²) in [6.45, 7) is 31.8. The van der Waals surface area contributed by atoms with Gasteiger partial charge in [0.2, 0.25) is 29.3 Å². The molecule has 0 spiro atoms. The molecule has 3 amide bonds. The summed E-state index contributed by atoms with van der Waals surface area (Å²) in [7, 11) is 8.68. The molecule has 3 N–H and O–H groups in total. The number of halogens is 6. The summed E-state index contributed by atoms with van der Waals surface area (Å²) in [4.78, 5) is 120. The van der Waals surface area contributed by atoms with Crippen LogP contribution in [0.5, 0.6) is 34.5 Å². The molecule has 3 fully saturated rings. The van der Waals surface area contributed by atoms with Gasteiger partial charge in [-0.25, -0.2) is 29.9 Å². The molecular formula is C94H95Cl6N15O13S. The summed E-state index contributed by atoms with van der Waals surface area (Å²) >= 11 is 40.1. The van der Waals surface area contributed by atoms with Gasteiger partial charge in [-0.2, -0.15) is 0 Å². The number of thiophene rings is 1. The van der Waals surface area contributed by atoms with E-state index >= 15 is 0 Å². The number of ketones is 3. The number of allylic oxidation sites excluding steroid dienone is 1. The second kappa shape index (κ2) is 43.1. The van der Waals surface area contributed by atoms with E-state index in [4.69, 9.17) is 112 Å². The van der Waals surface area contributed by atoms with Gasteiger partial charge in [0.05, 0.1) is 116 Å². The summed E-state index contributed by atoms with van der Waals surface area (Å²) in [6.07, 6.45) is 11.8. The Kier molecular flexibility index (Phi) is 31.7. The lowest BCUT2D eigenvalue weighted by molar-refractivity contribution is -0.112. The number of rotatable bonds is 30. The highest BCUT2D eigenvalue weighted by atomic mass is 35.5. The minimum Gasteiger partial charge on any atom is -0.495 e. The second-order valence-electron chi connectivity index (χ2n) is 30.1. The number of carbonyl (C=O) groups is 6. The number of aromatic nitrogens is 6. The summed E-state index contributed by atoms with van der Waals surface area (Å²) in [5.41, 5.74) is 11.2. The lowest BCUT2D eigenvalue weighted by Crippen LogP contribution is -2.46. The largest absolute Gasteiger partial charge is 0.495 e. The zero-order valence-electron chi connectivity index (χ0n) is 72.5. The van der Waals surface area contributed by atoms with E-state index in [1.807, 2.05) is 42.5 Å². The maximum absolute atomic E-state index is 13.6. The van der Waals surface area contributed by atoms with E-state index in [0.717, 1.165) is 142 Å². The van der Waals surface area contributed by atoms with Gasteiger partial charge < -0.3 is 78.2 Å². The number of amides is 3. The van der Waals surface area contributed by atoms with Crippen LogP contribution in [-0.2, 0) is 40.1 Å². The molecule has 0 saturated carbocycles. The highest BCUT2D eigenvalue weighted by molar-refractivity contribution is 7.21. The fraction of sp³-hybridized carbons (Fsp3) is 0.298. The van der Waals surface area contributed by atoms with Crippen LogP contribution >= 0.6 is 80.9 Å². The standard InChI is InChI=1S/C32H33Cl2N5O4.C31H31Cl2N5O5.C31H31Cl2N5O4S/c1-5-28(40)37-24-16-22(39-11-9-38(6-2)10-12-39)8-7-19(24)15-27-35-18-21-13-20(14-23(21)36-27)32(41)29-30(33)25(42-3)17-26(43-4)31(29)34;2*1-5-27(39)36-20-14-19(38-11-9-37(6-2)10-12-38)8-7-18(20)13-26-34-17-25-21(35-26)15-24(43-25)31(40)28-29(32)22(41-3)16-23(42-4)30(28)33/h5,7-8,14,16-18H,1,6,9-13,15H2,2-4H3,(H,37,40);2*5,7-8,14-17H,1,6,9-13H2,2-4H3,(H,36,39). The van der Waals surface area contributed by atoms with Crippen molar-refractivity contribution in [1.82, 2.24) is 44.6 Å². The first-order valence-corrected chi connectivity index (χ1v) is 44.5. The van der Waals surface area contributed by atoms with E-state index in [-0.39, 0.29) is 116 Å². The average molecular weight is 1890 g/mol. The number of piperazine rings is 3. The lowest BCUT2D eigenvalue weighted by atomic mass is 10.0. The first-order chi connectivity index (χ1) is 62.3. The van der Waals surface area contributed by atoms with Crippen LogP contribution in [0.3, 0.4) is 0 Å². The van der Waals surface area contributed by atoms with Crippen LogP contribution in [-0.4, -0.2) is 221 Å². The third kappa shape index (κ3) is 21.7. The molecule has 0 unspecified atom stereocenters. The van der Waals surface area contributed by atoms with Gasteiger partial charge in [-0.05, 0) is 103 Å². The third-order valence-corrected chi connectivity index (χ3v) is 25.9. The molecule has 672 valence electrons. The summed E-state index contributed by atoms with van der Waals surface area (Å²) < 4.78 is 38.3. The predicted molar refractivity (Wildman–Crippen MR) is 510 cm³/mol. The molecule has 129 heavy (non-hydrogen) atoms. The third-order valence-electron chi connectivity index (χ3n) is 22.6. The molecule has 0 radical (unpaired) electrons. The number of carbonyl (C=O) groups excluding carboxylic acids is 6. The van der Waals surface area contributed by atoms with Gasteiger partial charge in [0.1, 0.15) is 57.5 Å². The normalized spacial score (nSPS) is 14.0. The Morgan fingerprint density at radius 1 is 0.426 bits per heavy atom. The van der Waals surface area contributed by atoms with E-state index < -0.39 is 5.78 Å². The van der Waals surface area contributed by atoms with Crippen molar-refractivity contribution in [3.63, 3.8) is 0 Å². The number of likely N-dealkylation sites (N-methyl/N-ethyl adjacent to an activating group) is 3. The van der Waals surface area contributed by atoms with Crippen molar-refractivity contribution < 1.29 is 61.6 Å². The Morgan fingerprint density at radius 2 is 0.775 bits per heavy atom. The number of Topliss-reactive ketones (excluding diaryl/α,β-unsaturated/α-hetero) is 1. The number of benzene rings is 6. The summed E-state index contributed by atoms with van der Waals surface area (Å²) in [5.74, 6) is 1.00. The second-order valence-corrected chi connectivity index (χ2v) is 33.4. The molecule has 28 nitrogen and oxygen atoms in total. The summed E-state index contributed by atoms with van der Waals surface area (Å²) in [6, 6.07) is 25.9. The fourth-order valence-electron chi connectivity index (χ4n) is 15.3. The minimum absolute atomic E-state index is 0.00873. The van der Waals surface area contributed by atoms with Gasteiger partial charge in [-0.15, -0.1) is 11.3 Å². The highest BCUT2D eigenvalue weighted by Crippen LogP contribution is 2.46. The molecule has 6 aromatic carbocycles. The van der Waals surface area contributed by atoms with Crippen molar-refractivity contribution in [3.05, 3.63) is 250 Å². The number of hydrogen-bond donors (Lipinski definition) is 3. The number of hydrogen-bond acceptors (Lipinski definition) is 26. The number of furan rings is 1. The Hall–Kier alpha value is -11.7. The molecular weight excluding hydrogens is 1790 g/mol. The highest BCUT2D eigenvalue weighted by Gasteiger charge is 2.33. The minimum atomic E-state index is -0.559. The van der Waals surface area contributed by atoms with Crippen LogP contribution in [0.1, 0.15) is 108 Å². The van der Waals surface area contributed by atoms with E-state index in [1.54, 1.807) is 30.6 Å². The smallest absolute Gasteiger partial charge is 0.247 e. The van der Waals surface area contributed by atoms with Crippen LogP contribution in [0.2, 0.25) is 30.1 Å². The van der Waals surface area contributed by atoms with Crippen molar-refractivity contribution in [3.8, 4) is 34.5 Å². The van der Waals surface area contributed by atoms with Crippen molar-refractivity contribution in [2.45, 2.75) is 46.5 Å². The SMILES string of the molecule is C=CC(=O)Nc1cc(N2CCN(CC)CC2)ccc1Cc1ncc2c(n1)C=C(C(=O)c1c(Cl)c(OC)cc(OC)c1Cl)C2.C=CC(=O)Nc1cc(N2CCN(CC)CC2)ccc1Cc1ncc2oc(C(=O)c3c(Cl)c(OC)cc(OC)c3Cl)cc2n1.C=CC(=O)Nc1cc(N2CCN(CC)CC2)ccc1Cc1ncc2sc(C(=O)c3c(Cl)c(OC)cc(OC)c3Cl)cc2n1. The molecule has 0 atom stereocenters. The molecule has 1 aliphatic carbocycles. The van der Waals surface area contributed by atoms with Crippen molar-refractivity contribution >= 4 is 178 Å². The van der Waals surface area contributed by atoms with Crippen LogP contribution in [0.15, 0.2) is 151 Å². The maximum atomic E-state index is 13.6. The zero-order valence-corrected chi connectivity index (χ0v) is 77.9. The Bertz CT molecular complexity index is 5850. The molecule has 3 saturated heterocycles. The number of nitrogens with one attached hydrogen (secondary N) is 3. The van der Waals surface area contributed by atoms with Gasteiger partial charge in [-0.1, -0.05) is 128 Å². The van der Waals surface area contributed by atoms with Crippen molar-refractivity contribution in [1.29, 1.82) is 0 Å². The molecule has 3 aliphatic heterocycles. The summed E-state index contributed by atoms with van der Waals surface area (Å²) in [5, 5.41) is 9.34. The fourth-order valence-corrected chi connectivity index (χ4v) is 18.2. The van der Waals surface area contributed by atoms with E-state index in [0.29, 0.717) is 93.0 Å². The number of ether oxygens (including phenoxy) is 6. The van der Waals surface area contributed by atoms with Gasteiger partial charge in [0.25, 0.3) is 0 Å². The number of methoxy groups -OCH3 is 6. The maximum Gasteiger partial charge on any atom is 0.247 e. The van der Waals surface area contributed by atoms with Gasteiger partial charge in [0, 0.05) is 186 Å². The molecule has 4 aliphatic rings. The number of nitrogens with zero attached hydrogens (tertiary/aromatic N) is 12. The van der Waals surface area contributed by atoms with E-state index in [1.165, 1.54) is 96.6 Å². The molecule has 15 rings (SSSR count). The number of fused-ring (bicyclic) bond motifs is 3. The Balaban J connectivity index is 0.000000165. The molecule has 0 bridgehead atoms. The predicted octanol–water partition coefficient (Wildman–Crippen LogP) is 17.2. The topological polar surface area (TPSA) is 304 Å². The Morgan fingerprint density at radius 3 is 1.15 bits per heavy atom. The molecule has 5 aromatic heterocycles. The molecule has 11 aromatic rings. The quantitative estimate of drug-likeness (QED) is 0.0278. The van der Waals surface area contributed by atoms with E-state index in [2.05, 4.69) is 118 Å².